The third-order valence-corrected chi connectivity index (χ3v) is 4.77. The highest BCUT2D eigenvalue weighted by molar-refractivity contribution is 6.07. The van der Waals surface area contributed by atoms with Crippen molar-refractivity contribution in [1.29, 1.82) is 0 Å². The molecule has 0 saturated carbocycles. The maximum absolute atomic E-state index is 13.2. The van der Waals surface area contributed by atoms with Crippen LogP contribution in [0.25, 0.3) is 10.9 Å². The molecule has 3 heterocycles. The Morgan fingerprint density at radius 2 is 2.13 bits per heavy atom. The molecule has 0 spiro atoms. The fraction of sp³-hybridized carbons (Fsp3) is 0.333. The minimum absolute atomic E-state index is 0.0951. The lowest BCUT2D eigenvalue weighted by Gasteiger charge is -2.35. The molecule has 1 atom stereocenters. The van der Waals surface area contributed by atoms with Gasteiger partial charge in [0.2, 0.25) is 0 Å². The number of hydrogen-bond donors (Lipinski definition) is 1. The van der Waals surface area contributed by atoms with Crippen LogP contribution in [0, 0.1) is 0 Å². The van der Waals surface area contributed by atoms with Crippen molar-refractivity contribution in [2.75, 3.05) is 6.54 Å². The van der Waals surface area contributed by atoms with Crippen molar-refractivity contribution in [3.8, 4) is 0 Å². The van der Waals surface area contributed by atoms with E-state index < -0.39 is 0 Å². The molecule has 0 aliphatic carbocycles. The SMILES string of the molecule is Cn1cc(C(=O)N2CCCC[C@H]2c2ccn[nH]2)c2ccccc21. The third-order valence-electron chi connectivity index (χ3n) is 4.77. The second-order valence-electron chi connectivity index (χ2n) is 6.19. The molecule has 1 fully saturated rings. The van der Waals surface area contributed by atoms with Crippen LogP contribution in [0.5, 0.6) is 0 Å². The van der Waals surface area contributed by atoms with E-state index in [1.165, 1.54) is 0 Å². The zero-order valence-electron chi connectivity index (χ0n) is 13.2. The van der Waals surface area contributed by atoms with E-state index in [0.29, 0.717) is 0 Å². The number of hydrogen-bond acceptors (Lipinski definition) is 2. The molecule has 1 aromatic carbocycles. The standard InChI is InChI=1S/C18H20N4O/c1-21-12-14(13-6-2-3-7-16(13)21)18(23)22-11-5-4-8-17(22)15-9-10-19-20-15/h2-3,6-7,9-10,12,17H,4-5,8,11H2,1H3,(H,19,20)/t17-/m0/s1. The number of fused-ring (bicyclic) bond motifs is 1. The highest BCUT2D eigenvalue weighted by atomic mass is 16.2. The lowest BCUT2D eigenvalue weighted by molar-refractivity contribution is 0.0608. The third kappa shape index (κ3) is 2.32. The number of piperidine rings is 1. The Balaban J connectivity index is 1.74. The Bertz CT molecular complexity index is 834. The quantitative estimate of drug-likeness (QED) is 0.790. The first-order chi connectivity index (χ1) is 11.3. The van der Waals surface area contributed by atoms with E-state index in [9.17, 15) is 4.79 Å². The van der Waals surface area contributed by atoms with E-state index in [2.05, 4.69) is 16.3 Å². The number of carbonyl (C=O) groups is 1. The Hall–Kier alpha value is -2.56. The maximum atomic E-state index is 13.2. The summed E-state index contributed by atoms with van der Waals surface area (Å²) < 4.78 is 2.03. The summed E-state index contributed by atoms with van der Waals surface area (Å²) in [7, 11) is 1.99. The highest BCUT2D eigenvalue weighted by Gasteiger charge is 2.30. The van der Waals surface area contributed by atoms with E-state index >= 15 is 0 Å². The van der Waals surface area contributed by atoms with E-state index in [1.54, 1.807) is 6.20 Å². The van der Waals surface area contributed by atoms with Crippen LogP contribution < -0.4 is 0 Å². The van der Waals surface area contributed by atoms with Crippen molar-refractivity contribution < 1.29 is 4.79 Å². The van der Waals surface area contributed by atoms with Crippen LogP contribution in [0.2, 0.25) is 0 Å². The molecule has 1 amide bonds. The van der Waals surface area contributed by atoms with Crippen LogP contribution in [0.15, 0.2) is 42.7 Å². The van der Waals surface area contributed by atoms with E-state index in [0.717, 1.165) is 48.0 Å². The van der Waals surface area contributed by atoms with Crippen molar-refractivity contribution in [3.63, 3.8) is 0 Å². The highest BCUT2D eigenvalue weighted by Crippen LogP contribution is 2.32. The molecule has 1 aliphatic heterocycles. The van der Waals surface area contributed by atoms with Crippen molar-refractivity contribution in [2.45, 2.75) is 25.3 Å². The van der Waals surface area contributed by atoms with Crippen molar-refractivity contribution in [2.24, 2.45) is 7.05 Å². The molecular formula is C18H20N4O. The first-order valence-electron chi connectivity index (χ1n) is 8.10. The Kier molecular flexibility index (Phi) is 3.41. The second-order valence-corrected chi connectivity index (χ2v) is 6.19. The van der Waals surface area contributed by atoms with E-state index in [1.807, 2.05) is 47.0 Å². The number of rotatable bonds is 2. The monoisotopic (exact) mass is 308 g/mol. The zero-order chi connectivity index (χ0) is 15.8. The molecule has 0 radical (unpaired) electrons. The van der Waals surface area contributed by atoms with Crippen molar-refractivity contribution >= 4 is 16.8 Å². The summed E-state index contributed by atoms with van der Waals surface area (Å²) >= 11 is 0. The van der Waals surface area contributed by atoms with Gasteiger partial charge in [0.1, 0.15) is 0 Å². The summed E-state index contributed by atoms with van der Waals surface area (Å²) in [5.74, 6) is 0.112. The van der Waals surface area contributed by atoms with Gasteiger partial charge in [-0.05, 0) is 31.4 Å². The van der Waals surface area contributed by atoms with Gasteiger partial charge in [0.25, 0.3) is 5.91 Å². The van der Waals surface area contributed by atoms with Gasteiger partial charge in [0, 0.05) is 36.9 Å². The molecule has 1 N–H and O–H groups in total. The van der Waals surface area contributed by atoms with Gasteiger partial charge in [0.15, 0.2) is 0 Å². The summed E-state index contributed by atoms with van der Waals surface area (Å²) in [6.45, 7) is 0.797. The maximum Gasteiger partial charge on any atom is 0.256 e. The molecule has 0 unspecified atom stereocenters. The largest absolute Gasteiger partial charge is 0.350 e. The van der Waals surface area contributed by atoms with Gasteiger partial charge < -0.3 is 9.47 Å². The predicted molar refractivity (Wildman–Crippen MR) is 89.1 cm³/mol. The molecule has 5 nitrogen and oxygen atoms in total. The van der Waals surface area contributed by atoms with Crippen LogP contribution in [0.3, 0.4) is 0 Å². The number of nitrogens with zero attached hydrogens (tertiary/aromatic N) is 3. The Morgan fingerprint density at radius 3 is 2.96 bits per heavy atom. The average Bonchev–Trinajstić information content (AvgIpc) is 3.23. The number of aromatic amines is 1. The summed E-state index contributed by atoms with van der Waals surface area (Å²) in [4.78, 5) is 15.2. The summed E-state index contributed by atoms with van der Waals surface area (Å²) in [5, 5.41) is 8.11. The summed E-state index contributed by atoms with van der Waals surface area (Å²) in [6.07, 6.45) is 6.89. The van der Waals surface area contributed by atoms with Gasteiger partial charge >= 0.3 is 0 Å². The van der Waals surface area contributed by atoms with Gasteiger partial charge in [-0.25, -0.2) is 0 Å². The lowest BCUT2D eigenvalue weighted by Crippen LogP contribution is -2.38. The van der Waals surface area contributed by atoms with Gasteiger partial charge in [-0.15, -0.1) is 0 Å². The van der Waals surface area contributed by atoms with Crippen LogP contribution in [0.1, 0.15) is 41.4 Å². The number of amides is 1. The number of nitrogens with one attached hydrogen (secondary N) is 1. The van der Waals surface area contributed by atoms with E-state index in [-0.39, 0.29) is 11.9 Å². The molecule has 1 aliphatic rings. The van der Waals surface area contributed by atoms with Crippen LogP contribution >= 0.6 is 0 Å². The topological polar surface area (TPSA) is 53.9 Å². The molecule has 1 saturated heterocycles. The zero-order valence-corrected chi connectivity index (χ0v) is 13.2. The number of para-hydroxylation sites is 1. The fourth-order valence-corrected chi connectivity index (χ4v) is 3.62. The van der Waals surface area contributed by atoms with Crippen molar-refractivity contribution in [3.05, 3.63) is 54.0 Å². The predicted octanol–water partition coefficient (Wildman–Crippen LogP) is 3.27. The Labute approximate surface area is 134 Å². The molecule has 5 heteroatoms. The van der Waals surface area contributed by atoms with Crippen LogP contribution in [-0.2, 0) is 7.05 Å². The number of aryl methyl sites for hydroxylation is 1. The summed E-state index contributed by atoms with van der Waals surface area (Å²) in [6, 6.07) is 10.1. The number of H-pyrrole nitrogens is 1. The van der Waals surface area contributed by atoms with Gasteiger partial charge in [-0.2, -0.15) is 5.10 Å². The normalized spacial score (nSPS) is 18.5. The molecule has 4 rings (SSSR count). The molecule has 2 aromatic heterocycles. The first kappa shape index (κ1) is 14.1. The molecule has 23 heavy (non-hydrogen) atoms. The minimum Gasteiger partial charge on any atom is -0.350 e. The van der Waals surface area contributed by atoms with Gasteiger partial charge in [0.05, 0.1) is 17.3 Å². The average molecular weight is 308 g/mol. The number of aromatic nitrogens is 3. The van der Waals surface area contributed by atoms with Gasteiger partial charge in [-0.3, -0.25) is 9.89 Å². The Morgan fingerprint density at radius 1 is 1.26 bits per heavy atom. The number of carbonyl (C=O) groups excluding carboxylic acids is 1. The van der Waals surface area contributed by atoms with E-state index in [4.69, 9.17) is 0 Å². The molecular weight excluding hydrogens is 288 g/mol. The summed E-state index contributed by atoms with van der Waals surface area (Å²) in [5.41, 5.74) is 2.90. The molecule has 3 aromatic rings. The smallest absolute Gasteiger partial charge is 0.256 e. The molecule has 0 bridgehead atoms. The van der Waals surface area contributed by atoms with Gasteiger partial charge in [-0.1, -0.05) is 18.2 Å². The second kappa shape index (κ2) is 5.57. The minimum atomic E-state index is 0.0951. The van der Waals surface area contributed by atoms with Crippen molar-refractivity contribution in [1.82, 2.24) is 19.7 Å². The lowest BCUT2D eigenvalue weighted by atomic mass is 9.98. The fourth-order valence-electron chi connectivity index (χ4n) is 3.62. The number of likely N-dealkylation sites (tertiary alicyclic amines) is 1. The van der Waals surface area contributed by atoms with Crippen LogP contribution in [-0.4, -0.2) is 32.1 Å². The number of benzene rings is 1. The van der Waals surface area contributed by atoms with Crippen LogP contribution in [0.4, 0.5) is 0 Å². The first-order valence-corrected chi connectivity index (χ1v) is 8.10. The molecule has 118 valence electrons.